The second-order valence-electron chi connectivity index (χ2n) is 3.56. The Morgan fingerprint density at radius 1 is 1.41 bits per heavy atom. The van der Waals surface area contributed by atoms with Crippen molar-refractivity contribution in [3.63, 3.8) is 0 Å². The molecule has 1 aromatic heterocycles. The molecule has 2 aromatic rings. The number of hydrogen-bond acceptors (Lipinski definition) is 3. The van der Waals surface area contributed by atoms with Crippen molar-refractivity contribution in [2.45, 2.75) is 13.0 Å². The van der Waals surface area contributed by atoms with Crippen LogP contribution < -0.4 is 4.74 Å². The van der Waals surface area contributed by atoms with Crippen LogP contribution in [0.4, 0.5) is 0 Å². The van der Waals surface area contributed by atoms with Crippen LogP contribution in [0.25, 0.3) is 10.9 Å². The molecule has 17 heavy (non-hydrogen) atoms. The molecule has 1 unspecified atom stereocenters. The maximum atomic E-state index is 9.04. The third-order valence-electron chi connectivity index (χ3n) is 2.38. The molecule has 1 heterocycles. The molecular weight excluding hydrogens is 212 g/mol. The summed E-state index contributed by atoms with van der Waals surface area (Å²) in [7, 11) is 0. The number of pyridine rings is 1. The van der Waals surface area contributed by atoms with Gasteiger partial charge in [-0.3, -0.25) is 4.98 Å². The molecule has 0 radical (unpaired) electrons. The summed E-state index contributed by atoms with van der Waals surface area (Å²) in [6.45, 7) is 1.76. The molecule has 1 aromatic carbocycles. The third kappa shape index (κ3) is 2.04. The molecule has 0 saturated carbocycles. The fraction of sp³-hybridized carbons (Fsp3) is 0.143. The molecule has 3 heteroatoms. The molecule has 0 aliphatic heterocycles. The molecule has 82 valence electrons. The average Bonchev–Trinajstić information content (AvgIpc) is 2.39. The minimum Gasteiger partial charge on any atom is -0.476 e. The lowest BCUT2D eigenvalue weighted by Gasteiger charge is -2.12. The number of rotatable bonds is 2. The molecule has 0 amide bonds. The molecule has 0 aliphatic carbocycles. The zero-order valence-corrected chi connectivity index (χ0v) is 9.34. The van der Waals surface area contributed by atoms with Gasteiger partial charge in [0.05, 0.1) is 5.52 Å². The van der Waals surface area contributed by atoms with Crippen molar-refractivity contribution in [2.24, 2.45) is 0 Å². The van der Waals surface area contributed by atoms with Crippen molar-refractivity contribution in [2.75, 3.05) is 0 Å². The van der Waals surface area contributed by atoms with Gasteiger partial charge in [0.25, 0.3) is 0 Å². The van der Waals surface area contributed by atoms with Crippen LogP contribution in [0, 0.1) is 23.7 Å². The Kier molecular flexibility index (Phi) is 2.94. The Labute approximate surface area is 99.7 Å². The van der Waals surface area contributed by atoms with Crippen molar-refractivity contribution in [3.05, 3.63) is 36.0 Å². The van der Waals surface area contributed by atoms with E-state index in [0.29, 0.717) is 11.3 Å². The van der Waals surface area contributed by atoms with Crippen molar-refractivity contribution >= 4 is 10.9 Å². The number of terminal acetylenes is 1. The van der Waals surface area contributed by atoms with Gasteiger partial charge < -0.3 is 4.74 Å². The lowest BCUT2D eigenvalue weighted by molar-refractivity contribution is 0.281. The van der Waals surface area contributed by atoms with Gasteiger partial charge in [0.1, 0.15) is 17.4 Å². The van der Waals surface area contributed by atoms with E-state index in [1.165, 1.54) is 6.20 Å². The Hall–Kier alpha value is -2.52. The van der Waals surface area contributed by atoms with Crippen molar-refractivity contribution < 1.29 is 4.74 Å². The number of nitrogens with zero attached hydrogens (tertiary/aromatic N) is 2. The van der Waals surface area contributed by atoms with E-state index in [1.54, 1.807) is 6.92 Å². The molecule has 0 N–H and O–H groups in total. The van der Waals surface area contributed by atoms with Crippen LogP contribution in [0.15, 0.2) is 30.5 Å². The molecule has 2 rings (SSSR count). The van der Waals surface area contributed by atoms with Crippen LogP contribution in [0.2, 0.25) is 0 Å². The van der Waals surface area contributed by atoms with E-state index < -0.39 is 0 Å². The van der Waals surface area contributed by atoms with E-state index in [2.05, 4.69) is 17.0 Å². The Bertz CT molecular complexity index is 635. The number of benzene rings is 1. The van der Waals surface area contributed by atoms with E-state index in [4.69, 9.17) is 16.4 Å². The number of aromatic nitrogens is 1. The van der Waals surface area contributed by atoms with Gasteiger partial charge in [-0.2, -0.15) is 5.26 Å². The third-order valence-corrected chi connectivity index (χ3v) is 2.38. The van der Waals surface area contributed by atoms with Gasteiger partial charge in [-0.05, 0) is 19.1 Å². The SMILES string of the molecule is C#CC(C)Oc1c(C#N)cnc2ccccc12. The number of ether oxygens (including phenoxy) is 1. The molecule has 3 nitrogen and oxygen atoms in total. The van der Waals surface area contributed by atoms with Crippen LogP contribution in [0.1, 0.15) is 12.5 Å². The lowest BCUT2D eigenvalue weighted by atomic mass is 10.1. The maximum Gasteiger partial charge on any atom is 0.156 e. The minimum atomic E-state index is -0.382. The van der Waals surface area contributed by atoms with Crippen molar-refractivity contribution in [3.8, 4) is 24.2 Å². The molecule has 0 bridgehead atoms. The molecule has 0 saturated heterocycles. The quantitative estimate of drug-likeness (QED) is 0.733. The summed E-state index contributed by atoms with van der Waals surface area (Å²) < 4.78 is 5.60. The fourth-order valence-electron chi connectivity index (χ4n) is 1.53. The summed E-state index contributed by atoms with van der Waals surface area (Å²) in [5.74, 6) is 2.98. The molecular formula is C14H10N2O. The summed E-state index contributed by atoms with van der Waals surface area (Å²) in [6.07, 6.45) is 6.40. The number of fused-ring (bicyclic) bond motifs is 1. The Morgan fingerprint density at radius 3 is 2.88 bits per heavy atom. The first-order valence-corrected chi connectivity index (χ1v) is 5.17. The summed E-state index contributed by atoms with van der Waals surface area (Å²) >= 11 is 0. The molecule has 0 fully saturated rings. The molecule has 1 atom stereocenters. The summed E-state index contributed by atoms with van der Waals surface area (Å²) in [4.78, 5) is 4.19. The summed E-state index contributed by atoms with van der Waals surface area (Å²) in [5.41, 5.74) is 1.18. The van der Waals surface area contributed by atoms with E-state index in [1.807, 2.05) is 24.3 Å². The topological polar surface area (TPSA) is 45.9 Å². The number of hydrogen-bond donors (Lipinski definition) is 0. The van der Waals surface area contributed by atoms with Crippen LogP contribution in [-0.4, -0.2) is 11.1 Å². The first-order chi connectivity index (χ1) is 8.26. The van der Waals surface area contributed by atoms with Crippen LogP contribution >= 0.6 is 0 Å². The van der Waals surface area contributed by atoms with Gasteiger partial charge in [0, 0.05) is 11.6 Å². The van der Waals surface area contributed by atoms with Crippen LogP contribution in [0.3, 0.4) is 0 Å². The van der Waals surface area contributed by atoms with Gasteiger partial charge in [-0.15, -0.1) is 6.42 Å². The predicted molar refractivity (Wildman–Crippen MR) is 65.4 cm³/mol. The summed E-state index contributed by atoms with van der Waals surface area (Å²) in [6, 6.07) is 9.55. The minimum absolute atomic E-state index is 0.382. The highest BCUT2D eigenvalue weighted by molar-refractivity contribution is 5.87. The highest BCUT2D eigenvalue weighted by Crippen LogP contribution is 2.28. The predicted octanol–water partition coefficient (Wildman–Crippen LogP) is 2.51. The second-order valence-corrected chi connectivity index (χ2v) is 3.56. The van der Waals surface area contributed by atoms with Gasteiger partial charge in [-0.25, -0.2) is 0 Å². The summed E-state index contributed by atoms with van der Waals surface area (Å²) in [5, 5.41) is 9.84. The number of nitriles is 1. The zero-order chi connectivity index (χ0) is 12.3. The first kappa shape index (κ1) is 11.0. The van der Waals surface area contributed by atoms with Gasteiger partial charge in [0.15, 0.2) is 6.10 Å². The fourth-order valence-corrected chi connectivity index (χ4v) is 1.53. The first-order valence-electron chi connectivity index (χ1n) is 5.17. The van der Waals surface area contributed by atoms with E-state index in [-0.39, 0.29) is 6.10 Å². The van der Waals surface area contributed by atoms with E-state index in [0.717, 1.165) is 10.9 Å². The molecule has 0 spiro atoms. The standard InChI is InChI=1S/C14H10N2O/c1-3-10(2)17-14-11(8-15)9-16-13-7-5-4-6-12(13)14/h1,4-7,9-10H,2H3. The Balaban J connectivity index is 2.65. The van der Waals surface area contributed by atoms with Gasteiger partial charge >= 0.3 is 0 Å². The van der Waals surface area contributed by atoms with Gasteiger partial charge in [-0.1, -0.05) is 18.1 Å². The largest absolute Gasteiger partial charge is 0.476 e. The van der Waals surface area contributed by atoms with E-state index >= 15 is 0 Å². The van der Waals surface area contributed by atoms with E-state index in [9.17, 15) is 0 Å². The molecule has 0 aliphatic rings. The average molecular weight is 222 g/mol. The van der Waals surface area contributed by atoms with Crippen LogP contribution in [0.5, 0.6) is 5.75 Å². The van der Waals surface area contributed by atoms with Crippen LogP contribution in [-0.2, 0) is 0 Å². The highest BCUT2D eigenvalue weighted by atomic mass is 16.5. The zero-order valence-electron chi connectivity index (χ0n) is 9.34. The monoisotopic (exact) mass is 222 g/mol. The van der Waals surface area contributed by atoms with Crippen molar-refractivity contribution in [1.29, 1.82) is 5.26 Å². The Morgan fingerprint density at radius 2 is 2.18 bits per heavy atom. The normalized spacial score (nSPS) is 11.5. The van der Waals surface area contributed by atoms with Gasteiger partial charge in [0.2, 0.25) is 0 Å². The maximum absolute atomic E-state index is 9.04. The second kappa shape index (κ2) is 4.55. The smallest absolute Gasteiger partial charge is 0.156 e. The van der Waals surface area contributed by atoms with Crippen molar-refractivity contribution in [1.82, 2.24) is 4.98 Å². The highest BCUT2D eigenvalue weighted by Gasteiger charge is 2.11. The lowest BCUT2D eigenvalue weighted by Crippen LogP contribution is -2.09. The number of para-hydroxylation sites is 1.